The summed E-state index contributed by atoms with van der Waals surface area (Å²) in [6.45, 7) is 3.73. The van der Waals surface area contributed by atoms with Crippen molar-refractivity contribution in [2.45, 2.75) is 31.6 Å². The number of ether oxygens (including phenoxy) is 2. The molecular weight excluding hydrogens is 328 g/mol. The first-order valence-corrected chi connectivity index (χ1v) is 8.51. The number of hydrogen-bond acceptors (Lipinski definition) is 6. The van der Waals surface area contributed by atoms with Crippen LogP contribution < -0.4 is 9.47 Å². The number of pyridine rings is 1. The van der Waals surface area contributed by atoms with Crippen LogP contribution in [0.4, 0.5) is 5.82 Å². The van der Waals surface area contributed by atoms with E-state index in [-0.39, 0.29) is 24.1 Å². The van der Waals surface area contributed by atoms with E-state index < -0.39 is 0 Å². The minimum absolute atomic E-state index is 0.165. The Morgan fingerprint density at radius 2 is 1.81 bits per heavy atom. The fraction of sp³-hybridized carbons (Fsp3) is 0.300. The highest BCUT2D eigenvalue weighted by molar-refractivity contribution is 5.83. The number of nitriles is 2. The second-order valence-electron chi connectivity index (χ2n) is 6.38. The molecule has 1 aromatic heterocycles. The quantitative estimate of drug-likeness (QED) is 0.778. The monoisotopic (exact) mass is 344 g/mol. The predicted molar refractivity (Wildman–Crippen MR) is 95.6 cm³/mol. The molecule has 4 rings (SSSR count). The Labute approximate surface area is 151 Å². The Morgan fingerprint density at radius 3 is 2.50 bits per heavy atom. The van der Waals surface area contributed by atoms with Gasteiger partial charge in [-0.05, 0) is 37.3 Å². The van der Waals surface area contributed by atoms with E-state index in [4.69, 9.17) is 9.47 Å². The van der Waals surface area contributed by atoms with Crippen molar-refractivity contribution in [1.82, 2.24) is 4.98 Å². The normalized spacial score (nSPS) is 15.5. The average Bonchev–Trinajstić information content (AvgIpc) is 3.37. The maximum Gasteiger partial charge on any atom is 0.231 e. The van der Waals surface area contributed by atoms with E-state index >= 15 is 0 Å². The van der Waals surface area contributed by atoms with Crippen molar-refractivity contribution in [2.75, 3.05) is 6.79 Å². The molecule has 2 aromatic rings. The van der Waals surface area contributed by atoms with Gasteiger partial charge in [0.1, 0.15) is 17.7 Å². The predicted octanol–water partition coefficient (Wildman–Crippen LogP) is 4.21. The fourth-order valence-corrected chi connectivity index (χ4v) is 3.76. The summed E-state index contributed by atoms with van der Waals surface area (Å²) in [5, 5.41) is 19.6. The Hall–Kier alpha value is -3.38. The number of fused-ring (bicyclic) bond motifs is 1. The third kappa shape index (κ3) is 2.48. The summed E-state index contributed by atoms with van der Waals surface area (Å²) in [7, 11) is 0. The summed E-state index contributed by atoms with van der Waals surface area (Å²) >= 11 is 0. The van der Waals surface area contributed by atoms with Crippen molar-refractivity contribution in [3.63, 3.8) is 0 Å². The standard InChI is InChI=1S/C20H16N4O2/c1-23-20-15(10-22)18(13-6-7-16-17(8-13)26-11-25-16)14(9-21)19(24-20)12-4-2-3-5-12/h6-8,12H,1-5,11H2. The number of aromatic nitrogens is 1. The fourth-order valence-electron chi connectivity index (χ4n) is 3.76. The van der Waals surface area contributed by atoms with Gasteiger partial charge in [0, 0.05) is 11.5 Å². The third-order valence-corrected chi connectivity index (χ3v) is 4.98. The van der Waals surface area contributed by atoms with Crippen LogP contribution in [0.5, 0.6) is 11.5 Å². The molecule has 2 aliphatic rings. The van der Waals surface area contributed by atoms with Gasteiger partial charge in [-0.3, -0.25) is 0 Å². The Morgan fingerprint density at radius 1 is 1.08 bits per heavy atom. The van der Waals surface area contributed by atoms with Crippen LogP contribution in [-0.4, -0.2) is 18.5 Å². The lowest BCUT2D eigenvalue weighted by molar-refractivity contribution is 0.174. The van der Waals surface area contributed by atoms with Gasteiger partial charge in [-0.25, -0.2) is 9.98 Å². The zero-order valence-electron chi connectivity index (χ0n) is 14.2. The highest BCUT2D eigenvalue weighted by Crippen LogP contribution is 2.43. The van der Waals surface area contributed by atoms with Crippen LogP contribution in [0.1, 0.15) is 48.4 Å². The van der Waals surface area contributed by atoms with Gasteiger partial charge in [0.25, 0.3) is 0 Å². The molecule has 0 saturated heterocycles. The maximum absolute atomic E-state index is 9.90. The molecule has 0 unspecified atom stereocenters. The molecule has 1 aliphatic carbocycles. The molecule has 128 valence electrons. The highest BCUT2D eigenvalue weighted by Gasteiger charge is 2.28. The molecule has 1 aromatic carbocycles. The van der Waals surface area contributed by atoms with Crippen molar-refractivity contribution in [1.29, 1.82) is 10.5 Å². The number of rotatable bonds is 3. The van der Waals surface area contributed by atoms with Gasteiger partial charge in [-0.2, -0.15) is 10.5 Å². The summed E-state index contributed by atoms with van der Waals surface area (Å²) in [4.78, 5) is 8.50. The van der Waals surface area contributed by atoms with Gasteiger partial charge in [0.15, 0.2) is 17.3 Å². The second-order valence-corrected chi connectivity index (χ2v) is 6.38. The molecule has 6 nitrogen and oxygen atoms in total. The Kier molecular flexibility index (Phi) is 4.02. The van der Waals surface area contributed by atoms with Crippen molar-refractivity contribution < 1.29 is 9.47 Å². The Balaban J connectivity index is 2.00. The Bertz CT molecular complexity index is 979. The molecule has 0 radical (unpaired) electrons. The maximum atomic E-state index is 9.90. The number of hydrogen-bond donors (Lipinski definition) is 0. The molecule has 0 spiro atoms. The first kappa shape index (κ1) is 16.1. The average molecular weight is 344 g/mol. The summed E-state index contributed by atoms with van der Waals surface area (Å²) in [5.41, 5.74) is 2.69. The molecule has 1 fully saturated rings. The number of aliphatic imine (C=N–C) groups is 1. The number of benzene rings is 1. The topological polar surface area (TPSA) is 91.3 Å². The lowest BCUT2D eigenvalue weighted by Crippen LogP contribution is -2.05. The molecule has 26 heavy (non-hydrogen) atoms. The van der Waals surface area contributed by atoms with E-state index in [1.54, 1.807) is 12.1 Å². The van der Waals surface area contributed by atoms with Gasteiger partial charge in [-0.1, -0.05) is 18.9 Å². The first-order chi connectivity index (χ1) is 12.8. The second kappa shape index (κ2) is 6.50. The van der Waals surface area contributed by atoms with Crippen LogP contribution in [-0.2, 0) is 0 Å². The van der Waals surface area contributed by atoms with Crippen LogP contribution in [0.25, 0.3) is 11.1 Å². The first-order valence-electron chi connectivity index (χ1n) is 8.51. The lowest BCUT2D eigenvalue weighted by atomic mass is 9.89. The number of nitrogens with zero attached hydrogens (tertiary/aromatic N) is 4. The molecule has 1 aliphatic heterocycles. The van der Waals surface area contributed by atoms with Crippen molar-refractivity contribution >= 4 is 12.5 Å². The molecule has 0 N–H and O–H groups in total. The SMILES string of the molecule is C=Nc1nc(C2CCCC2)c(C#N)c(-c2ccc3c(c2)OCO3)c1C#N. The molecule has 6 heteroatoms. The van der Waals surface area contributed by atoms with E-state index in [9.17, 15) is 10.5 Å². The third-order valence-electron chi connectivity index (χ3n) is 4.98. The molecule has 1 saturated carbocycles. The summed E-state index contributed by atoms with van der Waals surface area (Å²) in [5.74, 6) is 1.74. The molecule has 0 amide bonds. The minimum atomic E-state index is 0.165. The summed E-state index contributed by atoms with van der Waals surface area (Å²) in [6, 6.07) is 9.85. The van der Waals surface area contributed by atoms with E-state index in [1.807, 2.05) is 6.07 Å². The summed E-state index contributed by atoms with van der Waals surface area (Å²) in [6.07, 6.45) is 4.22. The van der Waals surface area contributed by atoms with E-state index in [0.29, 0.717) is 28.2 Å². The molecule has 0 atom stereocenters. The van der Waals surface area contributed by atoms with E-state index in [2.05, 4.69) is 28.8 Å². The van der Waals surface area contributed by atoms with E-state index in [0.717, 1.165) is 31.4 Å². The van der Waals surface area contributed by atoms with Crippen LogP contribution in [0, 0.1) is 22.7 Å². The van der Waals surface area contributed by atoms with E-state index in [1.165, 1.54) is 0 Å². The van der Waals surface area contributed by atoms with Crippen molar-refractivity contribution in [2.24, 2.45) is 4.99 Å². The van der Waals surface area contributed by atoms with Gasteiger partial charge >= 0.3 is 0 Å². The van der Waals surface area contributed by atoms with Gasteiger partial charge in [-0.15, -0.1) is 0 Å². The van der Waals surface area contributed by atoms with Gasteiger partial charge in [0.2, 0.25) is 6.79 Å². The zero-order chi connectivity index (χ0) is 18.1. The summed E-state index contributed by atoms with van der Waals surface area (Å²) < 4.78 is 10.8. The largest absolute Gasteiger partial charge is 0.454 e. The molecular formula is C20H16N4O2. The minimum Gasteiger partial charge on any atom is -0.454 e. The smallest absolute Gasteiger partial charge is 0.231 e. The van der Waals surface area contributed by atoms with Crippen LogP contribution in [0.15, 0.2) is 23.2 Å². The highest BCUT2D eigenvalue weighted by atomic mass is 16.7. The van der Waals surface area contributed by atoms with Crippen molar-refractivity contribution in [3.05, 3.63) is 35.0 Å². The van der Waals surface area contributed by atoms with Crippen LogP contribution >= 0.6 is 0 Å². The van der Waals surface area contributed by atoms with Crippen molar-refractivity contribution in [3.8, 4) is 34.8 Å². The molecule has 0 bridgehead atoms. The lowest BCUT2D eigenvalue weighted by Gasteiger charge is -2.17. The van der Waals surface area contributed by atoms with Crippen LogP contribution in [0.2, 0.25) is 0 Å². The van der Waals surface area contributed by atoms with Crippen LogP contribution in [0.3, 0.4) is 0 Å². The zero-order valence-corrected chi connectivity index (χ0v) is 14.2. The van der Waals surface area contributed by atoms with Gasteiger partial charge < -0.3 is 9.47 Å². The van der Waals surface area contributed by atoms with Gasteiger partial charge in [0.05, 0.1) is 11.3 Å². The molecule has 2 heterocycles.